The Kier molecular flexibility index (Phi) is 4.50. The summed E-state index contributed by atoms with van der Waals surface area (Å²) in [5.41, 5.74) is 0.337. The Balaban J connectivity index is 1.48. The van der Waals surface area contributed by atoms with Crippen LogP contribution in [0.25, 0.3) is 0 Å². The number of carbonyl (C=O) groups excluding carboxylic acids is 3. The largest absolute Gasteiger partial charge is 0.351 e. The molecule has 2 aliphatic rings. The zero-order valence-corrected chi connectivity index (χ0v) is 12.7. The second kappa shape index (κ2) is 6.72. The van der Waals surface area contributed by atoms with Crippen LogP contribution in [0.15, 0.2) is 18.6 Å². The van der Waals surface area contributed by atoms with Gasteiger partial charge in [-0.3, -0.25) is 19.4 Å². The summed E-state index contributed by atoms with van der Waals surface area (Å²) in [6.07, 6.45) is 6.82. The summed E-state index contributed by atoms with van der Waals surface area (Å²) in [5.74, 6) is -0.338. The SMILES string of the molecule is O=C1CCC(C(=O)NC2CCN(C(=O)c3cnccn3)CC2)N1. The Labute approximate surface area is 133 Å². The summed E-state index contributed by atoms with van der Waals surface area (Å²) in [6, 6.07) is -0.382. The third kappa shape index (κ3) is 3.64. The molecule has 1 unspecified atom stereocenters. The fourth-order valence-electron chi connectivity index (χ4n) is 2.91. The van der Waals surface area contributed by atoms with Gasteiger partial charge in [0.2, 0.25) is 11.8 Å². The summed E-state index contributed by atoms with van der Waals surface area (Å²) in [7, 11) is 0. The quantitative estimate of drug-likeness (QED) is 0.780. The van der Waals surface area contributed by atoms with Crippen LogP contribution in [0.5, 0.6) is 0 Å². The van der Waals surface area contributed by atoms with E-state index in [0.717, 1.165) is 0 Å². The maximum absolute atomic E-state index is 12.3. The monoisotopic (exact) mass is 317 g/mol. The summed E-state index contributed by atoms with van der Waals surface area (Å²) < 4.78 is 0. The highest BCUT2D eigenvalue weighted by Gasteiger charge is 2.30. The molecule has 1 aromatic rings. The molecule has 1 aromatic heterocycles. The average Bonchev–Trinajstić information content (AvgIpc) is 3.02. The third-order valence-corrected chi connectivity index (χ3v) is 4.22. The number of amides is 3. The van der Waals surface area contributed by atoms with Gasteiger partial charge in [0.15, 0.2) is 0 Å². The number of nitrogens with zero attached hydrogens (tertiary/aromatic N) is 3. The van der Waals surface area contributed by atoms with Gasteiger partial charge < -0.3 is 15.5 Å². The van der Waals surface area contributed by atoms with Crippen LogP contribution >= 0.6 is 0 Å². The first-order valence-electron chi connectivity index (χ1n) is 7.78. The van der Waals surface area contributed by atoms with Crippen molar-refractivity contribution in [1.82, 2.24) is 25.5 Å². The van der Waals surface area contributed by atoms with Crippen molar-refractivity contribution in [1.29, 1.82) is 0 Å². The van der Waals surface area contributed by atoms with Crippen LogP contribution < -0.4 is 10.6 Å². The lowest BCUT2D eigenvalue weighted by Gasteiger charge is -2.32. The minimum atomic E-state index is -0.415. The molecule has 2 fully saturated rings. The Morgan fingerprint density at radius 3 is 2.61 bits per heavy atom. The molecule has 0 aliphatic carbocycles. The third-order valence-electron chi connectivity index (χ3n) is 4.22. The summed E-state index contributed by atoms with van der Waals surface area (Å²) in [5, 5.41) is 5.62. The lowest BCUT2D eigenvalue weighted by atomic mass is 10.0. The Morgan fingerprint density at radius 1 is 1.22 bits per heavy atom. The smallest absolute Gasteiger partial charge is 0.274 e. The van der Waals surface area contributed by atoms with Gasteiger partial charge in [0.25, 0.3) is 5.91 Å². The number of aromatic nitrogens is 2. The lowest BCUT2D eigenvalue weighted by molar-refractivity contribution is -0.126. The maximum atomic E-state index is 12.3. The number of carbonyl (C=O) groups is 3. The van der Waals surface area contributed by atoms with E-state index in [1.54, 1.807) is 4.90 Å². The molecule has 8 nitrogen and oxygen atoms in total. The predicted octanol–water partition coefficient (Wildman–Crippen LogP) is -0.524. The molecule has 2 saturated heterocycles. The fourth-order valence-corrected chi connectivity index (χ4v) is 2.91. The molecule has 2 N–H and O–H groups in total. The molecule has 0 aromatic carbocycles. The van der Waals surface area contributed by atoms with Crippen molar-refractivity contribution < 1.29 is 14.4 Å². The molecular formula is C15H19N5O3. The van der Waals surface area contributed by atoms with E-state index in [0.29, 0.717) is 44.5 Å². The van der Waals surface area contributed by atoms with Crippen LogP contribution in [0.2, 0.25) is 0 Å². The van der Waals surface area contributed by atoms with Gasteiger partial charge in [0, 0.05) is 37.9 Å². The van der Waals surface area contributed by atoms with Crippen molar-refractivity contribution in [3.8, 4) is 0 Å². The average molecular weight is 317 g/mol. The van der Waals surface area contributed by atoms with Crippen LogP contribution in [0.3, 0.4) is 0 Å². The highest BCUT2D eigenvalue weighted by atomic mass is 16.2. The van der Waals surface area contributed by atoms with Gasteiger partial charge in [-0.25, -0.2) is 4.98 Å². The van der Waals surface area contributed by atoms with Crippen LogP contribution in [0.1, 0.15) is 36.2 Å². The normalized spacial score (nSPS) is 21.8. The van der Waals surface area contributed by atoms with Gasteiger partial charge in [0.05, 0.1) is 6.20 Å². The molecule has 3 rings (SSSR count). The molecular weight excluding hydrogens is 298 g/mol. The van der Waals surface area contributed by atoms with Crippen LogP contribution in [0, 0.1) is 0 Å². The zero-order chi connectivity index (χ0) is 16.2. The molecule has 0 bridgehead atoms. The summed E-state index contributed by atoms with van der Waals surface area (Å²) in [4.78, 5) is 45.1. The molecule has 1 atom stereocenters. The Hall–Kier alpha value is -2.51. The van der Waals surface area contributed by atoms with E-state index in [1.165, 1.54) is 18.6 Å². The van der Waals surface area contributed by atoms with Crippen LogP contribution in [-0.2, 0) is 9.59 Å². The topological polar surface area (TPSA) is 104 Å². The molecule has 122 valence electrons. The summed E-state index contributed by atoms with van der Waals surface area (Å²) >= 11 is 0. The second-order valence-corrected chi connectivity index (χ2v) is 5.82. The van der Waals surface area contributed by atoms with Crippen molar-refractivity contribution in [3.63, 3.8) is 0 Å². The molecule has 0 saturated carbocycles. The number of rotatable bonds is 3. The number of hydrogen-bond acceptors (Lipinski definition) is 5. The first-order valence-corrected chi connectivity index (χ1v) is 7.78. The molecule has 0 spiro atoms. The highest BCUT2D eigenvalue weighted by Crippen LogP contribution is 2.14. The maximum Gasteiger partial charge on any atom is 0.274 e. The van der Waals surface area contributed by atoms with Crippen LogP contribution in [0.4, 0.5) is 0 Å². The standard InChI is InChI=1S/C15H19N5O3/c21-13-2-1-11(19-13)14(22)18-10-3-7-20(8-4-10)15(23)12-9-16-5-6-17-12/h5-6,9-11H,1-4,7-8H2,(H,18,22)(H,19,21). The first-order chi connectivity index (χ1) is 11.1. The molecule has 0 radical (unpaired) electrons. The zero-order valence-electron chi connectivity index (χ0n) is 12.7. The predicted molar refractivity (Wildman–Crippen MR) is 80.3 cm³/mol. The van der Waals surface area contributed by atoms with Crippen molar-refractivity contribution in [2.75, 3.05) is 13.1 Å². The van der Waals surface area contributed by atoms with E-state index in [4.69, 9.17) is 0 Å². The number of hydrogen-bond donors (Lipinski definition) is 2. The van der Waals surface area contributed by atoms with Gasteiger partial charge in [0.1, 0.15) is 11.7 Å². The van der Waals surface area contributed by atoms with E-state index in [9.17, 15) is 14.4 Å². The van der Waals surface area contributed by atoms with E-state index in [2.05, 4.69) is 20.6 Å². The lowest BCUT2D eigenvalue weighted by Crippen LogP contribution is -2.50. The van der Waals surface area contributed by atoms with E-state index < -0.39 is 6.04 Å². The van der Waals surface area contributed by atoms with Crippen molar-refractivity contribution in [2.45, 2.75) is 37.8 Å². The molecule has 2 aliphatic heterocycles. The number of likely N-dealkylation sites (tertiary alicyclic amines) is 1. The minimum absolute atomic E-state index is 0.0332. The van der Waals surface area contributed by atoms with Gasteiger partial charge in [-0.05, 0) is 19.3 Å². The van der Waals surface area contributed by atoms with E-state index >= 15 is 0 Å². The second-order valence-electron chi connectivity index (χ2n) is 5.82. The summed E-state index contributed by atoms with van der Waals surface area (Å²) in [6.45, 7) is 1.13. The van der Waals surface area contributed by atoms with Crippen molar-refractivity contribution >= 4 is 17.7 Å². The highest BCUT2D eigenvalue weighted by molar-refractivity contribution is 5.92. The Morgan fingerprint density at radius 2 is 2.00 bits per heavy atom. The van der Waals surface area contributed by atoms with E-state index in [1.807, 2.05) is 0 Å². The van der Waals surface area contributed by atoms with Gasteiger partial charge >= 0.3 is 0 Å². The van der Waals surface area contributed by atoms with Gasteiger partial charge in [-0.1, -0.05) is 0 Å². The Bertz CT molecular complexity index is 598. The minimum Gasteiger partial charge on any atom is -0.351 e. The van der Waals surface area contributed by atoms with Crippen molar-refractivity contribution in [3.05, 3.63) is 24.3 Å². The molecule has 23 heavy (non-hydrogen) atoms. The van der Waals surface area contributed by atoms with Crippen molar-refractivity contribution in [2.24, 2.45) is 0 Å². The van der Waals surface area contributed by atoms with Crippen LogP contribution in [-0.4, -0.2) is 57.8 Å². The number of nitrogens with one attached hydrogen (secondary N) is 2. The first kappa shape index (κ1) is 15.4. The van der Waals surface area contributed by atoms with E-state index in [-0.39, 0.29) is 23.8 Å². The van der Waals surface area contributed by atoms with Gasteiger partial charge in [-0.2, -0.15) is 0 Å². The fraction of sp³-hybridized carbons (Fsp3) is 0.533. The molecule has 8 heteroatoms. The van der Waals surface area contributed by atoms with Gasteiger partial charge in [-0.15, -0.1) is 0 Å². The molecule has 3 heterocycles. The number of piperidine rings is 1. The molecule has 3 amide bonds.